The molecule has 34 heavy (non-hydrogen) atoms. The Morgan fingerprint density at radius 1 is 0.588 bits per heavy atom. The quantitative estimate of drug-likeness (QED) is 0.281. The first kappa shape index (κ1) is 23.2. The Hall–Kier alpha value is -3.92. The molecule has 0 radical (unpaired) electrons. The molecule has 0 bridgehead atoms. The lowest BCUT2D eigenvalue weighted by atomic mass is 9.74. The maximum Gasteiger partial charge on any atom is 0.127 e. The molecule has 0 heterocycles. The number of nitrogen functional groups attached to an aromatic ring is 2. The third-order valence-electron chi connectivity index (χ3n) is 6.64. The molecule has 4 aromatic rings. The van der Waals surface area contributed by atoms with E-state index in [9.17, 15) is 0 Å². The Kier molecular flexibility index (Phi) is 6.51. The molecule has 0 aliphatic carbocycles. The molecule has 174 valence electrons. The minimum atomic E-state index is -0.132. The molecule has 0 atom stereocenters. The van der Waals surface area contributed by atoms with Gasteiger partial charge in [-0.3, -0.25) is 0 Å². The summed E-state index contributed by atoms with van der Waals surface area (Å²) in [6.45, 7) is 8.44. The molecule has 0 saturated heterocycles. The molecule has 4 N–H and O–H groups in total. The van der Waals surface area contributed by atoms with Crippen LogP contribution in [0, 0.1) is 13.8 Å². The van der Waals surface area contributed by atoms with Crippen molar-refractivity contribution in [2.75, 3.05) is 11.5 Å². The van der Waals surface area contributed by atoms with Gasteiger partial charge in [0.25, 0.3) is 0 Å². The fourth-order valence-corrected chi connectivity index (χ4v) is 4.05. The minimum Gasteiger partial charge on any atom is -0.457 e. The van der Waals surface area contributed by atoms with Crippen LogP contribution in [0.1, 0.15) is 42.5 Å². The normalized spacial score (nSPS) is 11.3. The Balaban J connectivity index is 1.51. The molecule has 0 aliphatic heterocycles. The number of anilines is 2. The highest BCUT2D eigenvalue weighted by atomic mass is 16.5. The molecular weight excluding hydrogens is 420 g/mol. The number of rotatable bonds is 7. The van der Waals surface area contributed by atoms with Gasteiger partial charge in [-0.05, 0) is 103 Å². The first-order valence-corrected chi connectivity index (χ1v) is 11.6. The van der Waals surface area contributed by atoms with Crippen LogP contribution in [0.2, 0.25) is 0 Å². The molecular formula is C30H32N2O2. The number of ether oxygens (including phenoxy) is 2. The van der Waals surface area contributed by atoms with Gasteiger partial charge in [-0.2, -0.15) is 0 Å². The zero-order valence-corrected chi connectivity index (χ0v) is 20.3. The van der Waals surface area contributed by atoms with Crippen molar-refractivity contribution in [2.45, 2.75) is 39.5 Å². The fraction of sp³-hybridized carbons (Fsp3) is 0.200. The van der Waals surface area contributed by atoms with E-state index >= 15 is 0 Å². The maximum absolute atomic E-state index is 6.03. The lowest BCUT2D eigenvalue weighted by Crippen LogP contribution is -2.22. The van der Waals surface area contributed by atoms with E-state index in [1.54, 1.807) is 0 Å². The van der Waals surface area contributed by atoms with Crippen molar-refractivity contribution >= 4 is 11.4 Å². The molecule has 4 aromatic carbocycles. The van der Waals surface area contributed by atoms with Crippen LogP contribution in [-0.2, 0) is 5.41 Å². The van der Waals surface area contributed by atoms with Crippen LogP contribution < -0.4 is 20.9 Å². The van der Waals surface area contributed by atoms with Gasteiger partial charge in [-0.25, -0.2) is 0 Å². The molecule has 0 unspecified atom stereocenters. The SMILES string of the molecule is CCC(C)(c1ccc(Oc2ccc(N)c(C)c2)cc1)c1ccc(Oc2ccc(N)c(C)c2)cc1. The summed E-state index contributed by atoms with van der Waals surface area (Å²) in [7, 11) is 0. The van der Waals surface area contributed by atoms with E-state index < -0.39 is 0 Å². The summed E-state index contributed by atoms with van der Waals surface area (Å²) in [6, 6.07) is 28.1. The molecule has 0 aromatic heterocycles. The second kappa shape index (κ2) is 9.52. The second-order valence-corrected chi connectivity index (χ2v) is 8.98. The zero-order chi connectivity index (χ0) is 24.3. The minimum absolute atomic E-state index is 0.132. The van der Waals surface area contributed by atoms with Crippen molar-refractivity contribution in [3.8, 4) is 23.0 Å². The summed E-state index contributed by atoms with van der Waals surface area (Å²) in [5.74, 6) is 3.16. The van der Waals surface area contributed by atoms with Crippen molar-refractivity contribution in [3.63, 3.8) is 0 Å². The van der Waals surface area contributed by atoms with Gasteiger partial charge in [0.05, 0.1) is 0 Å². The van der Waals surface area contributed by atoms with Crippen LogP contribution in [0.25, 0.3) is 0 Å². The highest BCUT2D eigenvalue weighted by Gasteiger charge is 2.27. The summed E-state index contributed by atoms with van der Waals surface area (Å²) in [4.78, 5) is 0. The lowest BCUT2D eigenvalue weighted by Gasteiger charge is -2.30. The molecule has 4 heteroatoms. The van der Waals surface area contributed by atoms with Gasteiger partial charge in [-0.15, -0.1) is 0 Å². The molecule has 0 aliphatic rings. The Morgan fingerprint density at radius 2 is 0.941 bits per heavy atom. The van der Waals surface area contributed by atoms with Crippen molar-refractivity contribution in [2.24, 2.45) is 0 Å². The van der Waals surface area contributed by atoms with Crippen LogP contribution in [-0.4, -0.2) is 0 Å². The fourth-order valence-electron chi connectivity index (χ4n) is 4.05. The van der Waals surface area contributed by atoms with Gasteiger partial charge in [-0.1, -0.05) is 38.1 Å². The van der Waals surface area contributed by atoms with E-state index in [1.807, 2.05) is 74.5 Å². The Morgan fingerprint density at radius 3 is 1.26 bits per heavy atom. The first-order chi connectivity index (χ1) is 16.3. The van der Waals surface area contributed by atoms with Gasteiger partial charge in [0.15, 0.2) is 0 Å². The highest BCUT2D eigenvalue weighted by molar-refractivity contribution is 5.52. The standard InChI is InChI=1S/C30H32N2O2/c1-5-30(4,22-6-10-24(11-7-22)33-26-14-16-28(31)20(2)18-26)23-8-12-25(13-9-23)34-27-15-17-29(32)21(3)19-27/h6-19H,5,31-32H2,1-4H3. The van der Waals surface area contributed by atoms with Crippen molar-refractivity contribution in [1.82, 2.24) is 0 Å². The van der Waals surface area contributed by atoms with E-state index in [2.05, 4.69) is 38.1 Å². The van der Waals surface area contributed by atoms with Crippen LogP contribution in [0.3, 0.4) is 0 Å². The first-order valence-electron chi connectivity index (χ1n) is 11.6. The summed E-state index contributed by atoms with van der Waals surface area (Å²) >= 11 is 0. The molecule has 0 amide bonds. The van der Waals surface area contributed by atoms with Crippen molar-refractivity contribution in [3.05, 3.63) is 107 Å². The number of aryl methyl sites for hydroxylation is 2. The molecule has 0 saturated carbocycles. The van der Waals surface area contributed by atoms with Gasteiger partial charge in [0.2, 0.25) is 0 Å². The van der Waals surface area contributed by atoms with Crippen molar-refractivity contribution < 1.29 is 9.47 Å². The number of nitrogens with two attached hydrogens (primary N) is 2. The average Bonchev–Trinajstić information content (AvgIpc) is 2.84. The average molecular weight is 453 g/mol. The van der Waals surface area contributed by atoms with Gasteiger partial charge < -0.3 is 20.9 Å². The summed E-state index contributed by atoms with van der Waals surface area (Å²) in [5, 5.41) is 0. The third-order valence-corrected chi connectivity index (χ3v) is 6.64. The van der Waals surface area contributed by atoms with E-state index in [4.69, 9.17) is 20.9 Å². The van der Waals surface area contributed by atoms with E-state index in [1.165, 1.54) is 11.1 Å². The predicted octanol–water partition coefficient (Wildman–Crippen LogP) is 7.77. The number of benzene rings is 4. The summed E-state index contributed by atoms with van der Waals surface area (Å²) < 4.78 is 12.1. The maximum atomic E-state index is 6.03. The summed E-state index contributed by atoms with van der Waals surface area (Å²) in [5.41, 5.74) is 17.7. The lowest BCUT2D eigenvalue weighted by molar-refractivity contribution is 0.479. The van der Waals surface area contributed by atoms with Gasteiger partial charge >= 0.3 is 0 Å². The number of hydrogen-bond donors (Lipinski definition) is 2. The second-order valence-electron chi connectivity index (χ2n) is 8.98. The smallest absolute Gasteiger partial charge is 0.127 e. The molecule has 4 rings (SSSR count). The monoisotopic (exact) mass is 452 g/mol. The van der Waals surface area contributed by atoms with Crippen LogP contribution >= 0.6 is 0 Å². The van der Waals surface area contributed by atoms with Crippen LogP contribution in [0.4, 0.5) is 11.4 Å². The highest BCUT2D eigenvalue weighted by Crippen LogP contribution is 2.37. The largest absolute Gasteiger partial charge is 0.457 e. The Bertz CT molecular complexity index is 1180. The van der Waals surface area contributed by atoms with E-state index in [0.717, 1.165) is 51.9 Å². The van der Waals surface area contributed by atoms with Gasteiger partial charge in [0.1, 0.15) is 23.0 Å². The predicted molar refractivity (Wildman–Crippen MR) is 141 cm³/mol. The third kappa shape index (κ3) is 4.86. The Labute approximate surface area is 202 Å². The van der Waals surface area contributed by atoms with Crippen molar-refractivity contribution in [1.29, 1.82) is 0 Å². The molecule has 0 spiro atoms. The molecule has 4 nitrogen and oxygen atoms in total. The van der Waals surface area contributed by atoms with Crippen LogP contribution in [0.5, 0.6) is 23.0 Å². The zero-order valence-electron chi connectivity index (χ0n) is 20.3. The van der Waals surface area contributed by atoms with Gasteiger partial charge in [0, 0.05) is 16.8 Å². The van der Waals surface area contributed by atoms with E-state index in [-0.39, 0.29) is 5.41 Å². The topological polar surface area (TPSA) is 70.5 Å². The molecule has 0 fully saturated rings. The van der Waals surface area contributed by atoms with E-state index in [0.29, 0.717) is 0 Å². The summed E-state index contributed by atoms with van der Waals surface area (Å²) in [6.07, 6.45) is 0.960. The van der Waals surface area contributed by atoms with Crippen LogP contribution in [0.15, 0.2) is 84.9 Å². The number of hydrogen-bond acceptors (Lipinski definition) is 4.